The standard InChI is InChI=1S/C15H19N5O6S/c1-7-8(20(25)26)6-18(17-7)5-4-9(21)16-10-12(22)19-11(14(23)24)15(2,3)27-13(10)19/h6,10-11,13H,4-5H2,1-3H3,(H,16,21)(H,23,24)/t10-,11-,13-/m1/s1. The van der Waals surface area contributed by atoms with Gasteiger partial charge in [-0.1, -0.05) is 0 Å². The Balaban J connectivity index is 1.58. The highest BCUT2D eigenvalue weighted by molar-refractivity contribution is 8.01. The van der Waals surface area contributed by atoms with Gasteiger partial charge in [0.2, 0.25) is 11.8 Å². The van der Waals surface area contributed by atoms with Gasteiger partial charge in [-0.05, 0) is 20.8 Å². The Hall–Kier alpha value is -2.63. The van der Waals surface area contributed by atoms with Crippen molar-refractivity contribution >= 4 is 35.2 Å². The Morgan fingerprint density at radius 2 is 2.15 bits per heavy atom. The van der Waals surface area contributed by atoms with Crippen LogP contribution >= 0.6 is 11.8 Å². The van der Waals surface area contributed by atoms with Crippen LogP contribution in [0.2, 0.25) is 0 Å². The van der Waals surface area contributed by atoms with E-state index in [1.807, 2.05) is 0 Å². The van der Waals surface area contributed by atoms with Crippen molar-refractivity contribution in [1.82, 2.24) is 20.0 Å². The largest absolute Gasteiger partial charge is 0.480 e. The molecular formula is C15H19N5O6S. The Morgan fingerprint density at radius 1 is 1.48 bits per heavy atom. The van der Waals surface area contributed by atoms with E-state index in [2.05, 4.69) is 10.4 Å². The summed E-state index contributed by atoms with van der Waals surface area (Å²) in [7, 11) is 0. The second kappa shape index (κ2) is 6.51. The van der Waals surface area contributed by atoms with Crippen molar-refractivity contribution in [2.75, 3.05) is 0 Å². The van der Waals surface area contributed by atoms with Crippen LogP contribution in [0.5, 0.6) is 0 Å². The van der Waals surface area contributed by atoms with Crippen LogP contribution in [0.15, 0.2) is 6.20 Å². The third-order valence-corrected chi connectivity index (χ3v) is 6.25. The molecule has 27 heavy (non-hydrogen) atoms. The highest BCUT2D eigenvalue weighted by atomic mass is 32.2. The topological polar surface area (TPSA) is 148 Å². The van der Waals surface area contributed by atoms with E-state index in [-0.39, 0.29) is 24.3 Å². The number of carboxylic acid groups (broad SMARTS) is 1. The number of carbonyl (C=O) groups excluding carboxylic acids is 2. The maximum absolute atomic E-state index is 12.3. The highest BCUT2D eigenvalue weighted by Crippen LogP contribution is 2.50. The third kappa shape index (κ3) is 3.24. The highest BCUT2D eigenvalue weighted by Gasteiger charge is 2.64. The van der Waals surface area contributed by atoms with E-state index in [1.54, 1.807) is 13.8 Å². The van der Waals surface area contributed by atoms with Gasteiger partial charge in [0.1, 0.15) is 29.3 Å². The molecule has 1 aromatic heterocycles. The molecule has 2 aliphatic rings. The molecule has 0 spiro atoms. The molecule has 0 bridgehead atoms. The molecule has 2 aliphatic heterocycles. The maximum Gasteiger partial charge on any atom is 0.327 e. The molecule has 12 heteroatoms. The van der Waals surface area contributed by atoms with E-state index < -0.39 is 44.9 Å². The summed E-state index contributed by atoms with van der Waals surface area (Å²) in [6, 6.07) is -1.69. The van der Waals surface area contributed by atoms with Gasteiger partial charge in [0.25, 0.3) is 0 Å². The number of β-lactam (4-membered cyclic amide) rings is 1. The van der Waals surface area contributed by atoms with E-state index in [0.717, 1.165) is 0 Å². The number of amides is 2. The number of aromatic nitrogens is 2. The second-order valence-electron chi connectivity index (χ2n) is 7.01. The van der Waals surface area contributed by atoms with Gasteiger partial charge in [0.05, 0.1) is 4.92 Å². The molecule has 0 unspecified atom stereocenters. The van der Waals surface area contributed by atoms with Gasteiger partial charge in [-0.25, -0.2) is 4.79 Å². The third-order valence-electron chi connectivity index (χ3n) is 4.68. The molecule has 0 saturated carbocycles. The normalized spacial score (nSPS) is 25.7. The number of carboxylic acids is 1. The summed E-state index contributed by atoms with van der Waals surface area (Å²) in [4.78, 5) is 47.5. The average Bonchev–Trinajstić information content (AvgIpc) is 3.06. The molecular weight excluding hydrogens is 378 g/mol. The van der Waals surface area contributed by atoms with Crippen molar-refractivity contribution in [3.63, 3.8) is 0 Å². The zero-order valence-electron chi connectivity index (χ0n) is 14.9. The molecule has 2 amide bonds. The van der Waals surface area contributed by atoms with Crippen molar-refractivity contribution in [2.45, 2.75) is 55.9 Å². The minimum absolute atomic E-state index is 0.00874. The summed E-state index contributed by atoms with van der Waals surface area (Å²) in [6.45, 7) is 5.15. The SMILES string of the molecule is Cc1nn(CCC(=O)N[C@@H]2C(=O)N3[C@@H]2SC(C)(C)[C@H]3C(=O)O)cc1[N+](=O)[O-]. The van der Waals surface area contributed by atoms with Gasteiger partial charge in [0.15, 0.2) is 0 Å². The molecule has 2 N–H and O–H groups in total. The average molecular weight is 397 g/mol. The summed E-state index contributed by atoms with van der Waals surface area (Å²) < 4.78 is 0.660. The minimum atomic E-state index is -1.07. The van der Waals surface area contributed by atoms with E-state index >= 15 is 0 Å². The smallest absolute Gasteiger partial charge is 0.327 e. The number of hydrogen-bond acceptors (Lipinski definition) is 7. The van der Waals surface area contributed by atoms with E-state index in [1.165, 1.54) is 34.5 Å². The number of aliphatic carboxylic acids is 1. The van der Waals surface area contributed by atoms with Crippen LogP contribution < -0.4 is 5.32 Å². The zero-order chi connectivity index (χ0) is 20.1. The van der Waals surface area contributed by atoms with Gasteiger partial charge in [-0.3, -0.25) is 24.4 Å². The summed E-state index contributed by atoms with van der Waals surface area (Å²) in [5.41, 5.74) is 0.138. The monoisotopic (exact) mass is 397 g/mol. The van der Waals surface area contributed by atoms with E-state index in [4.69, 9.17) is 0 Å². The second-order valence-corrected chi connectivity index (χ2v) is 8.78. The number of thioether (sulfide) groups is 1. The molecule has 3 rings (SSSR count). The minimum Gasteiger partial charge on any atom is -0.480 e. The Kier molecular flexibility index (Phi) is 4.62. The molecule has 0 aromatic carbocycles. The predicted octanol–water partition coefficient (Wildman–Crippen LogP) is 0.122. The lowest BCUT2D eigenvalue weighted by Gasteiger charge is -2.43. The zero-order valence-corrected chi connectivity index (χ0v) is 15.7. The fourth-order valence-corrected chi connectivity index (χ4v) is 5.03. The van der Waals surface area contributed by atoms with Crippen LogP contribution in [0, 0.1) is 17.0 Å². The predicted molar refractivity (Wildman–Crippen MR) is 93.9 cm³/mol. The lowest BCUT2D eigenvalue weighted by molar-refractivity contribution is -0.385. The first kappa shape index (κ1) is 19.1. The van der Waals surface area contributed by atoms with E-state index in [0.29, 0.717) is 0 Å². The van der Waals surface area contributed by atoms with E-state index in [9.17, 15) is 29.6 Å². The van der Waals surface area contributed by atoms with Gasteiger partial charge < -0.3 is 15.3 Å². The quantitative estimate of drug-likeness (QED) is 0.391. The van der Waals surface area contributed by atoms with Gasteiger partial charge in [-0.15, -0.1) is 11.8 Å². The number of nitro groups is 1. The number of aryl methyl sites for hydroxylation is 2. The van der Waals surface area contributed by atoms with Crippen molar-refractivity contribution in [3.8, 4) is 0 Å². The van der Waals surface area contributed by atoms with Crippen molar-refractivity contribution in [1.29, 1.82) is 0 Å². The van der Waals surface area contributed by atoms with Crippen molar-refractivity contribution in [2.24, 2.45) is 0 Å². The number of rotatable bonds is 6. The molecule has 0 radical (unpaired) electrons. The molecule has 0 aliphatic carbocycles. The number of hydrogen-bond donors (Lipinski definition) is 2. The molecule has 1 aromatic rings. The molecule has 2 saturated heterocycles. The van der Waals surface area contributed by atoms with Gasteiger partial charge in [0, 0.05) is 17.7 Å². The van der Waals surface area contributed by atoms with Crippen LogP contribution in [-0.4, -0.2) is 64.7 Å². The lowest BCUT2D eigenvalue weighted by Crippen LogP contribution is -2.70. The Labute approximate surface area is 158 Å². The maximum atomic E-state index is 12.3. The van der Waals surface area contributed by atoms with Crippen LogP contribution in [-0.2, 0) is 20.9 Å². The number of nitrogens with one attached hydrogen (secondary N) is 1. The Bertz CT molecular complexity index is 837. The first-order valence-electron chi connectivity index (χ1n) is 8.23. The fourth-order valence-electron chi connectivity index (χ4n) is 3.41. The first-order valence-corrected chi connectivity index (χ1v) is 9.11. The first-order chi connectivity index (χ1) is 12.5. The van der Waals surface area contributed by atoms with Crippen LogP contribution in [0.1, 0.15) is 26.0 Å². The summed E-state index contributed by atoms with van der Waals surface area (Å²) >= 11 is 1.35. The Morgan fingerprint density at radius 3 is 2.70 bits per heavy atom. The number of nitrogens with zero attached hydrogens (tertiary/aromatic N) is 4. The molecule has 3 atom stereocenters. The molecule has 3 heterocycles. The fraction of sp³-hybridized carbons (Fsp3) is 0.600. The summed E-state index contributed by atoms with van der Waals surface area (Å²) in [6.07, 6.45) is 1.25. The summed E-state index contributed by atoms with van der Waals surface area (Å²) in [5, 5.41) is 26.4. The van der Waals surface area contributed by atoms with Crippen LogP contribution in [0.25, 0.3) is 0 Å². The lowest BCUT2D eigenvalue weighted by atomic mass is 9.96. The van der Waals surface area contributed by atoms with Crippen molar-refractivity contribution in [3.05, 3.63) is 22.0 Å². The molecule has 2 fully saturated rings. The number of carbonyl (C=O) groups is 3. The van der Waals surface area contributed by atoms with Crippen LogP contribution in [0.4, 0.5) is 5.69 Å². The molecule has 146 valence electrons. The van der Waals surface area contributed by atoms with Gasteiger partial charge >= 0.3 is 11.7 Å². The van der Waals surface area contributed by atoms with Crippen LogP contribution in [0.3, 0.4) is 0 Å². The van der Waals surface area contributed by atoms with Crippen molar-refractivity contribution < 1.29 is 24.4 Å². The number of fused-ring (bicyclic) bond motifs is 1. The van der Waals surface area contributed by atoms with Gasteiger partial charge in [-0.2, -0.15) is 5.10 Å². The summed E-state index contributed by atoms with van der Waals surface area (Å²) in [5.74, 6) is -1.88. The molecule has 11 nitrogen and oxygen atoms in total.